The molecule has 3 N–H and O–H groups in total. The minimum Gasteiger partial charge on any atom is -0.385 e. The van der Waals surface area contributed by atoms with Crippen LogP contribution in [-0.2, 0) is 11.2 Å². The summed E-state index contributed by atoms with van der Waals surface area (Å²) in [7, 11) is 3.88. The van der Waals surface area contributed by atoms with E-state index in [1.165, 1.54) is 0 Å². The van der Waals surface area contributed by atoms with Crippen molar-refractivity contribution >= 4 is 17.0 Å². The molecule has 0 aliphatic rings. The number of nitrogens with zero attached hydrogens (tertiary/aromatic N) is 3. The Labute approximate surface area is 162 Å². The molecule has 0 saturated heterocycles. The molecule has 0 bridgehead atoms. The van der Waals surface area contributed by atoms with Gasteiger partial charge in [-0.2, -0.15) is 0 Å². The van der Waals surface area contributed by atoms with Gasteiger partial charge in [-0.3, -0.25) is 4.99 Å². The lowest BCUT2D eigenvalue weighted by Gasteiger charge is -2.18. The van der Waals surface area contributed by atoms with Crippen LogP contribution in [0, 0.1) is 0 Å². The molecule has 2 rings (SSSR count). The number of nitrogens with one attached hydrogen (secondary N) is 3. The summed E-state index contributed by atoms with van der Waals surface area (Å²) in [4.78, 5) is 15.0. The summed E-state index contributed by atoms with van der Waals surface area (Å²) in [6.07, 6.45) is 2.93. The Morgan fingerprint density at radius 3 is 2.85 bits per heavy atom. The quantitative estimate of drug-likeness (QED) is 0.301. The molecular formula is C20H34N6O. The number of aromatic nitrogens is 2. The largest absolute Gasteiger partial charge is 0.385 e. The van der Waals surface area contributed by atoms with Crippen molar-refractivity contribution < 1.29 is 4.74 Å². The van der Waals surface area contributed by atoms with Crippen molar-refractivity contribution in [3.63, 3.8) is 0 Å². The Morgan fingerprint density at radius 1 is 1.22 bits per heavy atom. The molecule has 0 aliphatic carbocycles. The Kier molecular flexibility index (Phi) is 9.65. The smallest absolute Gasteiger partial charge is 0.191 e. The van der Waals surface area contributed by atoms with E-state index >= 15 is 0 Å². The first-order valence-electron chi connectivity index (χ1n) is 9.86. The molecule has 0 fully saturated rings. The number of fused-ring (bicyclic) bond motifs is 1. The molecule has 150 valence electrons. The SMILES string of the molecule is CCNC(=NCCCc1nc2ccccc2[nH]1)NCCN(C)CCCOC. The van der Waals surface area contributed by atoms with Crippen LogP contribution in [0.1, 0.15) is 25.6 Å². The van der Waals surface area contributed by atoms with E-state index < -0.39 is 0 Å². The number of para-hydroxylation sites is 2. The molecule has 0 atom stereocenters. The number of imidazole rings is 1. The van der Waals surface area contributed by atoms with Crippen molar-refractivity contribution in [3.05, 3.63) is 30.1 Å². The van der Waals surface area contributed by atoms with E-state index in [4.69, 9.17) is 4.74 Å². The second-order valence-electron chi connectivity index (χ2n) is 6.64. The van der Waals surface area contributed by atoms with E-state index in [0.717, 1.165) is 81.4 Å². The molecule has 0 aliphatic heterocycles. The first-order valence-corrected chi connectivity index (χ1v) is 9.86. The summed E-state index contributed by atoms with van der Waals surface area (Å²) >= 11 is 0. The van der Waals surface area contributed by atoms with E-state index in [1.54, 1.807) is 7.11 Å². The summed E-state index contributed by atoms with van der Waals surface area (Å²) in [6.45, 7) is 7.43. The van der Waals surface area contributed by atoms with Crippen LogP contribution in [0.4, 0.5) is 0 Å². The van der Waals surface area contributed by atoms with Gasteiger partial charge in [0, 0.05) is 52.9 Å². The minimum atomic E-state index is 0.774. The minimum absolute atomic E-state index is 0.774. The topological polar surface area (TPSA) is 77.6 Å². The number of rotatable bonds is 12. The second kappa shape index (κ2) is 12.3. The van der Waals surface area contributed by atoms with Gasteiger partial charge in [0.05, 0.1) is 11.0 Å². The third-order valence-corrected chi connectivity index (χ3v) is 4.30. The molecule has 2 aromatic rings. The van der Waals surface area contributed by atoms with Crippen molar-refractivity contribution in [1.29, 1.82) is 0 Å². The average Bonchev–Trinajstić information content (AvgIpc) is 3.08. The van der Waals surface area contributed by atoms with Crippen molar-refractivity contribution in [2.75, 3.05) is 53.5 Å². The number of aromatic amines is 1. The zero-order valence-corrected chi connectivity index (χ0v) is 16.9. The number of guanidine groups is 1. The molecule has 0 unspecified atom stereocenters. The van der Waals surface area contributed by atoms with E-state index in [2.05, 4.69) is 50.5 Å². The van der Waals surface area contributed by atoms with Crippen molar-refractivity contribution in [2.24, 2.45) is 4.99 Å². The lowest BCUT2D eigenvalue weighted by molar-refractivity contribution is 0.180. The van der Waals surface area contributed by atoms with Crippen LogP contribution in [0.25, 0.3) is 11.0 Å². The summed E-state index contributed by atoms with van der Waals surface area (Å²) in [5.74, 6) is 1.91. The third kappa shape index (κ3) is 7.97. The van der Waals surface area contributed by atoms with E-state index in [-0.39, 0.29) is 0 Å². The highest BCUT2D eigenvalue weighted by Crippen LogP contribution is 2.11. The van der Waals surface area contributed by atoms with E-state index in [0.29, 0.717) is 0 Å². The van der Waals surface area contributed by atoms with Gasteiger partial charge in [-0.25, -0.2) is 4.98 Å². The third-order valence-electron chi connectivity index (χ3n) is 4.30. The van der Waals surface area contributed by atoms with Gasteiger partial charge in [-0.1, -0.05) is 12.1 Å². The first-order chi connectivity index (χ1) is 13.2. The number of methoxy groups -OCH3 is 1. The summed E-state index contributed by atoms with van der Waals surface area (Å²) in [5.41, 5.74) is 2.13. The molecule has 7 nitrogen and oxygen atoms in total. The Bertz CT molecular complexity index is 651. The number of aliphatic imine (C=N–C) groups is 1. The number of hydrogen-bond acceptors (Lipinski definition) is 4. The molecule has 1 heterocycles. The lowest BCUT2D eigenvalue weighted by Crippen LogP contribution is -2.41. The molecule has 0 spiro atoms. The molecular weight excluding hydrogens is 340 g/mol. The molecule has 1 aromatic carbocycles. The zero-order chi connectivity index (χ0) is 19.3. The summed E-state index contributed by atoms with van der Waals surface area (Å²) in [5, 5.41) is 6.71. The van der Waals surface area contributed by atoms with Gasteiger partial charge in [0.1, 0.15) is 5.82 Å². The maximum Gasteiger partial charge on any atom is 0.191 e. The monoisotopic (exact) mass is 374 g/mol. The number of H-pyrrole nitrogens is 1. The van der Waals surface area contributed by atoms with Crippen LogP contribution in [0.5, 0.6) is 0 Å². The van der Waals surface area contributed by atoms with Gasteiger partial charge in [0.25, 0.3) is 0 Å². The van der Waals surface area contributed by atoms with Crippen LogP contribution in [0.2, 0.25) is 0 Å². The molecule has 0 saturated carbocycles. The zero-order valence-electron chi connectivity index (χ0n) is 16.9. The van der Waals surface area contributed by atoms with Gasteiger partial charge >= 0.3 is 0 Å². The van der Waals surface area contributed by atoms with Gasteiger partial charge in [0.15, 0.2) is 5.96 Å². The standard InChI is InChI=1S/C20H34N6O/c1-4-21-20(23-13-15-26(2)14-8-16-27-3)22-12-7-11-19-24-17-9-5-6-10-18(17)25-19/h5-6,9-10H,4,7-8,11-16H2,1-3H3,(H,24,25)(H2,21,22,23). The molecule has 7 heteroatoms. The Hall–Kier alpha value is -2.12. The van der Waals surface area contributed by atoms with Gasteiger partial charge in [-0.05, 0) is 38.9 Å². The summed E-state index contributed by atoms with van der Waals surface area (Å²) in [6, 6.07) is 8.13. The number of aryl methyl sites for hydroxylation is 1. The Morgan fingerprint density at radius 2 is 2.07 bits per heavy atom. The fourth-order valence-corrected chi connectivity index (χ4v) is 2.86. The van der Waals surface area contributed by atoms with Gasteiger partial charge in [0.2, 0.25) is 0 Å². The molecule has 27 heavy (non-hydrogen) atoms. The van der Waals surface area contributed by atoms with E-state index in [1.807, 2.05) is 18.2 Å². The molecule has 1 aromatic heterocycles. The number of benzene rings is 1. The Balaban J connectivity index is 1.69. The maximum atomic E-state index is 5.09. The highest BCUT2D eigenvalue weighted by atomic mass is 16.5. The maximum absolute atomic E-state index is 5.09. The number of hydrogen-bond donors (Lipinski definition) is 3. The van der Waals surface area contributed by atoms with Crippen LogP contribution in [-0.4, -0.2) is 74.3 Å². The highest BCUT2D eigenvalue weighted by Gasteiger charge is 2.03. The molecule has 0 amide bonds. The van der Waals surface area contributed by atoms with Crippen LogP contribution < -0.4 is 10.6 Å². The van der Waals surface area contributed by atoms with Gasteiger partial charge in [-0.15, -0.1) is 0 Å². The molecule has 0 radical (unpaired) electrons. The fraction of sp³-hybridized carbons (Fsp3) is 0.600. The first kappa shape index (κ1) is 21.2. The lowest BCUT2D eigenvalue weighted by atomic mass is 10.3. The van der Waals surface area contributed by atoms with Crippen molar-refractivity contribution in [3.8, 4) is 0 Å². The predicted octanol–water partition coefficient (Wildman–Crippen LogP) is 2.02. The fourth-order valence-electron chi connectivity index (χ4n) is 2.86. The van der Waals surface area contributed by atoms with Crippen LogP contribution in [0.3, 0.4) is 0 Å². The number of ether oxygens (including phenoxy) is 1. The second-order valence-corrected chi connectivity index (χ2v) is 6.64. The van der Waals surface area contributed by atoms with Crippen LogP contribution in [0.15, 0.2) is 29.3 Å². The van der Waals surface area contributed by atoms with Crippen molar-refractivity contribution in [1.82, 2.24) is 25.5 Å². The summed E-state index contributed by atoms with van der Waals surface area (Å²) < 4.78 is 5.09. The van der Waals surface area contributed by atoms with Gasteiger partial charge < -0.3 is 25.3 Å². The number of likely N-dealkylation sites (N-methyl/N-ethyl adjacent to an activating group) is 1. The van der Waals surface area contributed by atoms with E-state index in [9.17, 15) is 0 Å². The van der Waals surface area contributed by atoms with Crippen LogP contribution >= 0.6 is 0 Å². The van der Waals surface area contributed by atoms with Crippen molar-refractivity contribution in [2.45, 2.75) is 26.2 Å². The predicted molar refractivity (Wildman–Crippen MR) is 112 cm³/mol. The normalized spacial score (nSPS) is 12.1. The highest BCUT2D eigenvalue weighted by molar-refractivity contribution is 5.79. The average molecular weight is 375 g/mol.